The van der Waals surface area contributed by atoms with E-state index in [0.717, 1.165) is 6.07 Å². The lowest BCUT2D eigenvalue weighted by Crippen LogP contribution is -2.21. The summed E-state index contributed by atoms with van der Waals surface area (Å²) in [5.41, 5.74) is 7.53. The van der Waals surface area contributed by atoms with Crippen molar-refractivity contribution >= 4 is 28.8 Å². The van der Waals surface area contributed by atoms with E-state index in [4.69, 9.17) is 28.0 Å². The summed E-state index contributed by atoms with van der Waals surface area (Å²) >= 11 is 5.70. The first kappa shape index (κ1) is 11.9. The van der Waals surface area contributed by atoms with Crippen LogP contribution < -0.4 is 11.2 Å². The van der Waals surface area contributed by atoms with Crippen LogP contribution in [0, 0.1) is 22.6 Å². The summed E-state index contributed by atoms with van der Waals surface area (Å²) in [7, 11) is 0. The van der Waals surface area contributed by atoms with Gasteiger partial charge in [0.2, 0.25) is 5.71 Å². The van der Waals surface area contributed by atoms with Crippen molar-refractivity contribution in [2.45, 2.75) is 0 Å². The van der Waals surface area contributed by atoms with Crippen molar-refractivity contribution in [2.75, 3.05) is 5.43 Å². The number of hydrogen-bond acceptors (Lipinski definition) is 4. The Bertz CT molecular complexity index is 491. The summed E-state index contributed by atoms with van der Waals surface area (Å²) in [6.45, 7) is 0. The van der Waals surface area contributed by atoms with E-state index in [1.807, 2.05) is 0 Å². The zero-order valence-corrected chi connectivity index (χ0v) is 8.72. The summed E-state index contributed by atoms with van der Waals surface area (Å²) in [5.74, 6) is -0.945. The highest BCUT2D eigenvalue weighted by Gasteiger charge is 2.03. The van der Waals surface area contributed by atoms with Crippen molar-refractivity contribution in [3.05, 3.63) is 29.0 Å². The van der Waals surface area contributed by atoms with E-state index in [-0.39, 0.29) is 10.7 Å². The molecule has 82 valence electrons. The highest BCUT2D eigenvalue weighted by molar-refractivity contribution is 6.45. The van der Waals surface area contributed by atoms with Crippen LogP contribution in [0.2, 0.25) is 5.02 Å². The molecule has 5 nitrogen and oxygen atoms in total. The van der Waals surface area contributed by atoms with Crippen molar-refractivity contribution < 1.29 is 4.39 Å². The molecule has 0 aliphatic carbocycles. The zero-order chi connectivity index (χ0) is 12.1. The number of nitrogens with one attached hydrogen (secondary N) is 2. The third kappa shape index (κ3) is 2.93. The SMILES string of the molecule is N#C/C(=N\Nc1ccc(F)cc1Cl)C(=N)N. The van der Waals surface area contributed by atoms with E-state index in [0.29, 0.717) is 5.69 Å². The fourth-order valence-electron chi connectivity index (χ4n) is 0.842. The van der Waals surface area contributed by atoms with Crippen molar-refractivity contribution in [1.82, 2.24) is 0 Å². The van der Waals surface area contributed by atoms with E-state index >= 15 is 0 Å². The molecular weight excluding hydrogens is 233 g/mol. The molecule has 4 N–H and O–H groups in total. The van der Waals surface area contributed by atoms with E-state index in [9.17, 15) is 4.39 Å². The molecule has 0 unspecified atom stereocenters. The molecule has 16 heavy (non-hydrogen) atoms. The molecule has 0 aromatic heterocycles. The minimum absolute atomic E-state index is 0.115. The minimum atomic E-state index is -0.480. The average molecular weight is 240 g/mol. The van der Waals surface area contributed by atoms with Gasteiger partial charge in [0.05, 0.1) is 10.7 Å². The minimum Gasteiger partial charge on any atom is -0.382 e. The van der Waals surface area contributed by atoms with Crippen LogP contribution in [0.3, 0.4) is 0 Å². The molecule has 0 amide bonds. The smallest absolute Gasteiger partial charge is 0.201 e. The molecule has 0 aliphatic rings. The predicted octanol–water partition coefficient (Wildman–Crippen LogP) is 1.71. The van der Waals surface area contributed by atoms with Gasteiger partial charge in [-0.05, 0) is 18.2 Å². The molecule has 0 fully saturated rings. The summed E-state index contributed by atoms with van der Waals surface area (Å²) in [6.07, 6.45) is 0. The number of nitriles is 1. The number of halogens is 2. The third-order valence-corrected chi connectivity index (χ3v) is 1.89. The maximum atomic E-state index is 12.7. The first-order valence-corrected chi connectivity index (χ1v) is 4.45. The molecule has 0 aliphatic heterocycles. The molecule has 0 saturated heterocycles. The van der Waals surface area contributed by atoms with Gasteiger partial charge in [0.25, 0.3) is 0 Å². The van der Waals surface area contributed by atoms with Gasteiger partial charge >= 0.3 is 0 Å². The quantitative estimate of drug-likeness (QED) is 0.425. The van der Waals surface area contributed by atoms with Crippen molar-refractivity contribution in [3.63, 3.8) is 0 Å². The highest BCUT2D eigenvalue weighted by atomic mass is 35.5. The normalized spacial score (nSPS) is 10.7. The van der Waals surface area contributed by atoms with Crippen LogP contribution in [0.4, 0.5) is 10.1 Å². The number of rotatable bonds is 3. The van der Waals surface area contributed by atoms with E-state index in [1.165, 1.54) is 12.1 Å². The molecule has 1 aromatic carbocycles. The molecular formula is C9H7ClFN5. The van der Waals surface area contributed by atoms with Gasteiger partial charge in [0.1, 0.15) is 11.9 Å². The lowest BCUT2D eigenvalue weighted by Gasteiger charge is -2.03. The maximum Gasteiger partial charge on any atom is 0.201 e. The molecule has 7 heteroatoms. The second-order valence-corrected chi connectivity index (χ2v) is 3.13. The summed E-state index contributed by atoms with van der Waals surface area (Å²) < 4.78 is 12.7. The lowest BCUT2D eigenvalue weighted by molar-refractivity contribution is 0.628. The second kappa shape index (κ2) is 5.09. The van der Waals surface area contributed by atoms with E-state index in [2.05, 4.69) is 10.5 Å². The van der Waals surface area contributed by atoms with Gasteiger partial charge in [-0.25, -0.2) is 4.39 Å². The Hall–Kier alpha value is -2.13. The molecule has 0 atom stereocenters. The number of amidine groups is 1. The largest absolute Gasteiger partial charge is 0.382 e. The monoisotopic (exact) mass is 239 g/mol. The van der Waals surface area contributed by atoms with Crippen LogP contribution in [0.5, 0.6) is 0 Å². The number of nitrogens with zero attached hydrogens (tertiary/aromatic N) is 2. The van der Waals surface area contributed by atoms with Gasteiger partial charge in [-0.15, -0.1) is 0 Å². The highest BCUT2D eigenvalue weighted by Crippen LogP contribution is 2.22. The molecule has 1 aromatic rings. The summed E-state index contributed by atoms with van der Waals surface area (Å²) in [6, 6.07) is 5.26. The molecule has 0 saturated carbocycles. The van der Waals surface area contributed by atoms with Crippen molar-refractivity contribution in [3.8, 4) is 6.07 Å². The van der Waals surface area contributed by atoms with Gasteiger partial charge in [-0.3, -0.25) is 10.8 Å². The Labute approximate surface area is 95.8 Å². The summed E-state index contributed by atoms with van der Waals surface area (Å²) in [5, 5.41) is 19.2. The lowest BCUT2D eigenvalue weighted by atomic mass is 10.3. The van der Waals surface area contributed by atoms with Crippen LogP contribution in [0.15, 0.2) is 23.3 Å². The van der Waals surface area contributed by atoms with Gasteiger partial charge in [0, 0.05) is 0 Å². The number of nitrogens with two attached hydrogens (primary N) is 1. The number of hydrogen-bond donors (Lipinski definition) is 3. The molecule has 0 bridgehead atoms. The Morgan fingerprint density at radius 3 is 2.81 bits per heavy atom. The maximum absolute atomic E-state index is 12.7. The fraction of sp³-hybridized carbons (Fsp3) is 0. The molecule has 0 heterocycles. The predicted molar refractivity (Wildman–Crippen MR) is 60.0 cm³/mol. The number of hydrazone groups is 1. The Morgan fingerprint density at radius 2 is 2.31 bits per heavy atom. The first-order chi connectivity index (χ1) is 7.54. The number of anilines is 1. The van der Waals surface area contributed by atoms with Crippen LogP contribution in [0.25, 0.3) is 0 Å². The topological polar surface area (TPSA) is 98.0 Å². The van der Waals surface area contributed by atoms with Crippen LogP contribution >= 0.6 is 11.6 Å². The van der Waals surface area contributed by atoms with Gasteiger partial charge in [0.15, 0.2) is 5.84 Å². The van der Waals surface area contributed by atoms with Crippen LogP contribution in [0.1, 0.15) is 0 Å². The van der Waals surface area contributed by atoms with E-state index in [1.54, 1.807) is 6.07 Å². The van der Waals surface area contributed by atoms with Gasteiger partial charge in [-0.1, -0.05) is 11.6 Å². The van der Waals surface area contributed by atoms with Crippen molar-refractivity contribution in [1.29, 1.82) is 10.7 Å². The third-order valence-electron chi connectivity index (χ3n) is 1.58. The van der Waals surface area contributed by atoms with Crippen LogP contribution in [-0.4, -0.2) is 11.5 Å². The fourth-order valence-corrected chi connectivity index (χ4v) is 1.05. The van der Waals surface area contributed by atoms with Crippen LogP contribution in [-0.2, 0) is 0 Å². The molecule has 0 radical (unpaired) electrons. The van der Waals surface area contributed by atoms with Gasteiger partial charge < -0.3 is 5.73 Å². The van der Waals surface area contributed by atoms with E-state index < -0.39 is 11.7 Å². The first-order valence-electron chi connectivity index (χ1n) is 4.08. The molecule has 0 spiro atoms. The summed E-state index contributed by atoms with van der Waals surface area (Å²) in [4.78, 5) is 0. The Balaban J connectivity index is 2.90. The zero-order valence-electron chi connectivity index (χ0n) is 7.96. The number of benzene rings is 1. The second-order valence-electron chi connectivity index (χ2n) is 2.72. The standard InChI is InChI=1S/C9H7ClFN5/c10-6-3-5(11)1-2-7(6)15-16-8(4-12)9(13)14/h1-3,15H,(H3,13,14)/b16-8+. The average Bonchev–Trinajstić information content (AvgIpc) is 2.21. The molecule has 1 rings (SSSR count). The van der Waals surface area contributed by atoms with Gasteiger partial charge in [-0.2, -0.15) is 10.4 Å². The van der Waals surface area contributed by atoms with Crippen molar-refractivity contribution in [2.24, 2.45) is 10.8 Å². The Morgan fingerprint density at radius 1 is 1.62 bits per heavy atom. The Kier molecular flexibility index (Phi) is 3.80.